The molecule has 0 saturated heterocycles. The first-order valence-electron chi connectivity index (χ1n) is 17.8. The molecular weight excluding hydrogens is 647 g/mol. The van der Waals surface area contributed by atoms with Crippen LogP contribution in [-0.4, -0.2) is 15.0 Å². The van der Waals surface area contributed by atoms with Gasteiger partial charge in [-0.05, 0) is 68.4 Å². The first-order chi connectivity index (χ1) is 26.2. The molecule has 0 radical (unpaired) electrons. The van der Waals surface area contributed by atoms with Gasteiger partial charge in [0.1, 0.15) is 11.2 Å². The van der Waals surface area contributed by atoms with E-state index in [9.17, 15) is 0 Å². The van der Waals surface area contributed by atoms with Gasteiger partial charge in [0.2, 0.25) is 0 Å². The van der Waals surface area contributed by atoms with Crippen LogP contribution >= 0.6 is 0 Å². The minimum Gasteiger partial charge on any atom is -0.456 e. The molecule has 0 amide bonds. The van der Waals surface area contributed by atoms with Crippen LogP contribution in [0.3, 0.4) is 0 Å². The summed E-state index contributed by atoms with van der Waals surface area (Å²) >= 11 is 0. The third-order valence-electron chi connectivity index (χ3n) is 9.95. The molecule has 0 aliphatic carbocycles. The average Bonchev–Trinajstić information content (AvgIpc) is 3.62. The third-order valence-corrected chi connectivity index (χ3v) is 9.95. The van der Waals surface area contributed by atoms with E-state index in [0.717, 1.165) is 60.9 Å². The SMILES string of the molecule is c1ccc(-c2ccc3c(c2)oc2cccc(-c4ccc(-c5nc(-c6ccccc6)nc(-c6ccc(-c7ccc8ccccc8c7)cc6)n5)cc4)c23)cc1. The first kappa shape index (κ1) is 30.6. The van der Waals surface area contributed by atoms with Gasteiger partial charge in [-0.25, -0.2) is 15.0 Å². The Balaban J connectivity index is 1.01. The molecule has 10 rings (SSSR count). The lowest BCUT2D eigenvalue weighted by Gasteiger charge is -2.10. The van der Waals surface area contributed by atoms with Crippen molar-refractivity contribution in [3.63, 3.8) is 0 Å². The molecule has 4 nitrogen and oxygen atoms in total. The predicted molar refractivity (Wildman–Crippen MR) is 217 cm³/mol. The zero-order valence-corrected chi connectivity index (χ0v) is 28.6. The number of hydrogen-bond donors (Lipinski definition) is 0. The van der Waals surface area contributed by atoms with E-state index in [1.165, 1.54) is 21.9 Å². The van der Waals surface area contributed by atoms with Crippen LogP contribution in [0.5, 0.6) is 0 Å². The zero-order chi connectivity index (χ0) is 35.1. The minimum atomic E-state index is 0.624. The largest absolute Gasteiger partial charge is 0.456 e. The molecule has 2 heterocycles. The maximum atomic E-state index is 6.40. The van der Waals surface area contributed by atoms with Gasteiger partial charge in [0, 0.05) is 27.5 Å². The molecule has 0 bridgehead atoms. The molecular formula is C49H31N3O. The van der Waals surface area contributed by atoms with Crippen LogP contribution in [0.2, 0.25) is 0 Å². The molecule has 0 atom stereocenters. The van der Waals surface area contributed by atoms with Gasteiger partial charge >= 0.3 is 0 Å². The van der Waals surface area contributed by atoms with Crippen molar-refractivity contribution in [2.24, 2.45) is 0 Å². The van der Waals surface area contributed by atoms with Crippen molar-refractivity contribution in [3.8, 4) is 67.5 Å². The highest BCUT2D eigenvalue weighted by Crippen LogP contribution is 2.39. The van der Waals surface area contributed by atoms with E-state index >= 15 is 0 Å². The van der Waals surface area contributed by atoms with Crippen LogP contribution in [0.1, 0.15) is 0 Å². The van der Waals surface area contributed by atoms with Crippen molar-refractivity contribution in [3.05, 3.63) is 188 Å². The summed E-state index contributed by atoms with van der Waals surface area (Å²) in [6.45, 7) is 0. The van der Waals surface area contributed by atoms with E-state index in [1.54, 1.807) is 0 Å². The maximum Gasteiger partial charge on any atom is 0.164 e. The Bertz CT molecular complexity index is 2910. The number of benzene rings is 8. The molecule has 8 aromatic carbocycles. The van der Waals surface area contributed by atoms with E-state index in [0.29, 0.717) is 17.5 Å². The molecule has 2 aromatic heterocycles. The second kappa shape index (κ2) is 12.9. The van der Waals surface area contributed by atoms with E-state index in [4.69, 9.17) is 19.4 Å². The first-order valence-corrected chi connectivity index (χ1v) is 17.8. The fraction of sp³-hybridized carbons (Fsp3) is 0. The highest BCUT2D eigenvalue weighted by Gasteiger charge is 2.16. The van der Waals surface area contributed by atoms with Gasteiger partial charge in [0.15, 0.2) is 17.5 Å². The lowest BCUT2D eigenvalue weighted by atomic mass is 9.97. The molecule has 0 fully saturated rings. The predicted octanol–water partition coefficient (Wildman–Crippen LogP) is 12.9. The lowest BCUT2D eigenvalue weighted by Crippen LogP contribution is -2.00. The van der Waals surface area contributed by atoms with Gasteiger partial charge in [-0.1, -0.05) is 164 Å². The number of aromatic nitrogens is 3. The fourth-order valence-electron chi connectivity index (χ4n) is 7.21. The summed E-state index contributed by atoms with van der Waals surface area (Å²) in [5.74, 6) is 1.89. The fourth-order valence-corrected chi connectivity index (χ4v) is 7.21. The maximum absolute atomic E-state index is 6.40. The molecule has 0 unspecified atom stereocenters. The number of nitrogens with zero attached hydrogens (tertiary/aromatic N) is 3. The van der Waals surface area contributed by atoms with Gasteiger partial charge < -0.3 is 4.42 Å². The third kappa shape index (κ3) is 5.73. The average molecular weight is 678 g/mol. The van der Waals surface area contributed by atoms with Crippen molar-refractivity contribution in [2.75, 3.05) is 0 Å². The second-order valence-electron chi connectivity index (χ2n) is 13.2. The van der Waals surface area contributed by atoms with Crippen LogP contribution in [0.25, 0.3) is 100 Å². The smallest absolute Gasteiger partial charge is 0.164 e. The van der Waals surface area contributed by atoms with Crippen LogP contribution in [0.15, 0.2) is 192 Å². The minimum absolute atomic E-state index is 0.624. The molecule has 0 saturated carbocycles. The standard InChI is InChI=1S/C49H31N3O/c1-3-10-32(11-4-1)41-28-29-43-45(31-41)53-44-17-9-16-42(46(43)44)35-21-25-38(26-22-35)49-51-47(36-13-5-2-6-14-36)50-48(52-49)37-23-18-34(19-24-37)40-27-20-33-12-7-8-15-39(33)30-40/h1-31H. The Morgan fingerprint density at radius 3 is 1.47 bits per heavy atom. The molecule has 248 valence electrons. The Hall–Kier alpha value is -7.17. The van der Waals surface area contributed by atoms with Crippen molar-refractivity contribution in [2.45, 2.75) is 0 Å². The topological polar surface area (TPSA) is 51.8 Å². The highest BCUT2D eigenvalue weighted by atomic mass is 16.3. The quantitative estimate of drug-likeness (QED) is 0.176. The second-order valence-corrected chi connectivity index (χ2v) is 13.2. The van der Waals surface area contributed by atoms with Crippen molar-refractivity contribution in [1.29, 1.82) is 0 Å². The number of hydrogen-bond acceptors (Lipinski definition) is 4. The zero-order valence-electron chi connectivity index (χ0n) is 28.6. The summed E-state index contributed by atoms with van der Waals surface area (Å²) in [5, 5.41) is 4.66. The van der Waals surface area contributed by atoms with Crippen LogP contribution in [0.4, 0.5) is 0 Å². The number of furan rings is 1. The number of rotatable bonds is 6. The van der Waals surface area contributed by atoms with Crippen LogP contribution < -0.4 is 0 Å². The molecule has 0 aliphatic heterocycles. The van der Waals surface area contributed by atoms with E-state index < -0.39 is 0 Å². The van der Waals surface area contributed by atoms with Gasteiger partial charge in [-0.2, -0.15) is 0 Å². The van der Waals surface area contributed by atoms with Crippen LogP contribution in [-0.2, 0) is 0 Å². The Morgan fingerprint density at radius 2 is 0.792 bits per heavy atom. The Morgan fingerprint density at radius 1 is 0.302 bits per heavy atom. The summed E-state index contributed by atoms with van der Waals surface area (Å²) in [4.78, 5) is 15.0. The Labute approximate surface area is 306 Å². The van der Waals surface area contributed by atoms with Gasteiger partial charge in [-0.15, -0.1) is 0 Å². The van der Waals surface area contributed by atoms with Crippen molar-refractivity contribution >= 4 is 32.7 Å². The van der Waals surface area contributed by atoms with Crippen LogP contribution in [0, 0.1) is 0 Å². The summed E-state index contributed by atoms with van der Waals surface area (Å²) < 4.78 is 6.40. The lowest BCUT2D eigenvalue weighted by molar-refractivity contribution is 0.669. The van der Waals surface area contributed by atoms with E-state index in [-0.39, 0.29) is 0 Å². The molecule has 0 spiro atoms. The van der Waals surface area contributed by atoms with E-state index in [1.807, 2.05) is 42.5 Å². The number of fused-ring (bicyclic) bond motifs is 4. The normalized spacial score (nSPS) is 11.4. The van der Waals surface area contributed by atoms with Crippen molar-refractivity contribution < 1.29 is 4.42 Å². The molecule has 0 N–H and O–H groups in total. The van der Waals surface area contributed by atoms with Gasteiger partial charge in [0.25, 0.3) is 0 Å². The highest BCUT2D eigenvalue weighted by molar-refractivity contribution is 6.13. The van der Waals surface area contributed by atoms with Crippen molar-refractivity contribution in [1.82, 2.24) is 15.0 Å². The Kier molecular flexibility index (Phi) is 7.43. The molecule has 4 heteroatoms. The molecule has 0 aliphatic rings. The molecule has 10 aromatic rings. The molecule has 53 heavy (non-hydrogen) atoms. The van der Waals surface area contributed by atoms with E-state index in [2.05, 4.69) is 146 Å². The summed E-state index contributed by atoms with van der Waals surface area (Å²) in [7, 11) is 0. The monoisotopic (exact) mass is 677 g/mol. The summed E-state index contributed by atoms with van der Waals surface area (Å²) in [6.07, 6.45) is 0. The van der Waals surface area contributed by atoms with Gasteiger partial charge in [-0.3, -0.25) is 0 Å². The van der Waals surface area contributed by atoms with Gasteiger partial charge in [0.05, 0.1) is 0 Å². The summed E-state index contributed by atoms with van der Waals surface area (Å²) in [6, 6.07) is 65.2. The summed E-state index contributed by atoms with van der Waals surface area (Å²) in [5.41, 5.74) is 11.4.